The maximum absolute atomic E-state index is 13.2. The van der Waals surface area contributed by atoms with Crippen LogP contribution in [0.5, 0.6) is 0 Å². The molecule has 1 unspecified atom stereocenters. The molecule has 3 heterocycles. The highest BCUT2D eigenvalue weighted by molar-refractivity contribution is 5.97. The van der Waals surface area contributed by atoms with Crippen molar-refractivity contribution in [2.45, 2.75) is 101 Å². The van der Waals surface area contributed by atoms with E-state index in [-0.39, 0.29) is 40.6 Å². The summed E-state index contributed by atoms with van der Waals surface area (Å²) in [5.41, 5.74) is 1.38. The number of carbonyl (C=O) groups excluding carboxylic acids is 3. The van der Waals surface area contributed by atoms with Crippen molar-refractivity contribution in [1.82, 2.24) is 15.5 Å². The lowest BCUT2D eigenvalue weighted by molar-refractivity contribution is -0.224. The second-order valence-corrected chi connectivity index (χ2v) is 12.7. The lowest BCUT2D eigenvalue weighted by atomic mass is 9.73. The van der Waals surface area contributed by atoms with Gasteiger partial charge in [-0.15, -0.1) is 0 Å². The topological polar surface area (TPSA) is 97.0 Å². The van der Waals surface area contributed by atoms with Gasteiger partial charge in [0.15, 0.2) is 5.78 Å². The molecule has 3 saturated heterocycles. The first-order valence-electron chi connectivity index (χ1n) is 15.4. The molecule has 3 aliphatic heterocycles. The largest absolute Gasteiger partial charge is 0.376 e. The highest BCUT2D eigenvalue weighted by Gasteiger charge is 2.49. The molecule has 2 atom stereocenters. The average Bonchev–Trinajstić information content (AvgIpc) is 3.01. The number of piperidine rings is 1. The summed E-state index contributed by atoms with van der Waals surface area (Å²) in [5.74, 6) is 0.382. The molecular weight excluding hydrogens is 506 g/mol. The Balaban J connectivity index is 1.13. The Morgan fingerprint density at radius 1 is 1.07 bits per heavy atom. The second-order valence-electron chi connectivity index (χ2n) is 12.7. The summed E-state index contributed by atoms with van der Waals surface area (Å²) in [7, 11) is 1.78. The summed E-state index contributed by atoms with van der Waals surface area (Å²) < 4.78 is 11.9. The van der Waals surface area contributed by atoms with Gasteiger partial charge in [0.2, 0.25) is 5.91 Å². The zero-order chi connectivity index (χ0) is 28.2. The van der Waals surface area contributed by atoms with Crippen molar-refractivity contribution in [2.75, 3.05) is 39.9 Å². The predicted molar refractivity (Wildman–Crippen MR) is 153 cm³/mol. The highest BCUT2D eigenvalue weighted by Crippen LogP contribution is 2.44. The minimum Gasteiger partial charge on any atom is -0.376 e. The fourth-order valence-electron chi connectivity index (χ4n) is 7.39. The van der Waals surface area contributed by atoms with Gasteiger partial charge in [0.1, 0.15) is 0 Å². The number of nitrogens with one attached hydrogen (secondary N) is 2. The normalized spacial score (nSPS) is 29.6. The minimum atomic E-state index is -0.415. The van der Waals surface area contributed by atoms with E-state index in [0.29, 0.717) is 31.8 Å². The van der Waals surface area contributed by atoms with E-state index in [1.54, 1.807) is 14.0 Å². The van der Waals surface area contributed by atoms with E-state index in [0.717, 1.165) is 76.3 Å². The van der Waals surface area contributed by atoms with Crippen LogP contribution in [0, 0.1) is 5.92 Å². The zero-order valence-corrected chi connectivity index (χ0v) is 24.3. The molecule has 5 aliphatic rings. The Bertz CT molecular complexity index is 1040. The smallest absolute Gasteiger partial charge is 0.251 e. The van der Waals surface area contributed by atoms with E-state index >= 15 is 0 Å². The van der Waals surface area contributed by atoms with Gasteiger partial charge in [-0.2, -0.15) is 0 Å². The Hall–Kier alpha value is -2.29. The third-order valence-electron chi connectivity index (χ3n) is 10.1. The summed E-state index contributed by atoms with van der Waals surface area (Å²) in [6.45, 7) is 4.64. The Labute approximate surface area is 238 Å². The van der Waals surface area contributed by atoms with Gasteiger partial charge < -0.3 is 25.0 Å². The quantitative estimate of drug-likeness (QED) is 0.455. The third-order valence-corrected chi connectivity index (χ3v) is 10.1. The van der Waals surface area contributed by atoms with Crippen molar-refractivity contribution in [3.05, 3.63) is 35.4 Å². The summed E-state index contributed by atoms with van der Waals surface area (Å²) in [6, 6.07) is 7.33. The maximum Gasteiger partial charge on any atom is 0.251 e. The molecule has 0 aromatic heterocycles. The first-order valence-corrected chi connectivity index (χ1v) is 15.4. The molecule has 2 bridgehead atoms. The van der Waals surface area contributed by atoms with E-state index < -0.39 is 6.04 Å². The van der Waals surface area contributed by atoms with Gasteiger partial charge in [-0.25, -0.2) is 0 Å². The zero-order valence-electron chi connectivity index (χ0n) is 24.3. The van der Waals surface area contributed by atoms with Crippen LogP contribution in [0.25, 0.3) is 0 Å². The summed E-state index contributed by atoms with van der Waals surface area (Å²) in [5, 5.41) is 6.44. The number of hydrogen-bond donors (Lipinski definition) is 2. The number of nitrogens with zero attached hydrogens (tertiary/aromatic N) is 1. The summed E-state index contributed by atoms with van der Waals surface area (Å²) in [4.78, 5) is 40.7. The minimum absolute atomic E-state index is 0.0349. The number of methoxy groups -OCH3 is 1. The number of likely N-dealkylation sites (tertiary alicyclic amines) is 1. The highest BCUT2D eigenvalue weighted by atomic mass is 16.6. The van der Waals surface area contributed by atoms with Crippen molar-refractivity contribution >= 4 is 17.6 Å². The molecule has 1 aromatic rings. The van der Waals surface area contributed by atoms with Gasteiger partial charge in [0.05, 0.1) is 30.4 Å². The molecule has 8 heteroatoms. The van der Waals surface area contributed by atoms with E-state index in [4.69, 9.17) is 9.47 Å². The van der Waals surface area contributed by atoms with Crippen LogP contribution in [0.1, 0.15) is 99.4 Å². The lowest BCUT2D eigenvalue weighted by Crippen LogP contribution is -2.59. The van der Waals surface area contributed by atoms with E-state index in [1.165, 1.54) is 6.42 Å². The molecule has 5 fully saturated rings. The molecule has 6 rings (SSSR count). The number of rotatable bonds is 10. The number of fused-ring (bicyclic) bond motifs is 3. The molecule has 1 aromatic carbocycles. The number of benzene rings is 1. The number of ketones is 1. The molecule has 220 valence electrons. The Morgan fingerprint density at radius 2 is 1.85 bits per heavy atom. The monoisotopic (exact) mass is 553 g/mol. The predicted octanol–water partition coefficient (Wildman–Crippen LogP) is 3.98. The Morgan fingerprint density at radius 3 is 2.52 bits per heavy atom. The standard InChI is InChI=1S/C32H47N3O5/c1-23(36)29(24-8-4-3-5-9-24)34-30(38)26-11-6-10-25(18-26)27-12-7-17-35(20-27)28(37)19-33-21-31-13-15-32(39-2,16-14-31)22-40-31/h6,10-11,18,24,27,29,33H,3-5,7-9,12-17,19-22H2,1-2H3,(H,34,38)/t27?,29-,31?,32?/m0/s1. The average molecular weight is 554 g/mol. The second kappa shape index (κ2) is 12.7. The van der Waals surface area contributed by atoms with Gasteiger partial charge in [0.25, 0.3) is 5.91 Å². The van der Waals surface area contributed by atoms with Gasteiger partial charge >= 0.3 is 0 Å². The van der Waals surface area contributed by atoms with E-state index in [2.05, 4.69) is 16.7 Å². The number of carbonyl (C=O) groups is 3. The number of ether oxygens (including phenoxy) is 2. The van der Waals surface area contributed by atoms with Crippen molar-refractivity contribution in [2.24, 2.45) is 5.92 Å². The van der Waals surface area contributed by atoms with Crippen LogP contribution < -0.4 is 10.6 Å². The van der Waals surface area contributed by atoms with Gasteiger partial charge in [-0.1, -0.05) is 31.4 Å². The SMILES string of the molecule is COC12CCC(CNCC(=O)N3CCCC(c4cccc(C(=O)N[C@@H](C(C)=O)C5CCCCC5)c4)C3)(CC1)OC2. The molecule has 0 spiro atoms. The van der Waals surface area contributed by atoms with Gasteiger partial charge in [-0.3, -0.25) is 14.4 Å². The van der Waals surface area contributed by atoms with Crippen LogP contribution in [0.15, 0.2) is 24.3 Å². The van der Waals surface area contributed by atoms with Crippen LogP contribution >= 0.6 is 0 Å². The van der Waals surface area contributed by atoms with E-state index in [9.17, 15) is 14.4 Å². The van der Waals surface area contributed by atoms with Gasteiger partial charge in [0, 0.05) is 38.2 Å². The van der Waals surface area contributed by atoms with Crippen molar-refractivity contribution < 1.29 is 23.9 Å². The summed E-state index contributed by atoms with van der Waals surface area (Å²) >= 11 is 0. The molecule has 2 aliphatic carbocycles. The number of amides is 2. The van der Waals surface area contributed by atoms with Crippen LogP contribution in [0.3, 0.4) is 0 Å². The molecule has 2 saturated carbocycles. The fourth-order valence-corrected chi connectivity index (χ4v) is 7.39. The van der Waals surface area contributed by atoms with Crippen molar-refractivity contribution in [1.29, 1.82) is 0 Å². The summed E-state index contributed by atoms with van der Waals surface area (Å²) in [6.07, 6.45) is 11.3. The lowest BCUT2D eigenvalue weighted by Gasteiger charge is -2.52. The number of hydrogen-bond acceptors (Lipinski definition) is 6. The molecule has 8 nitrogen and oxygen atoms in total. The maximum atomic E-state index is 13.2. The molecule has 2 amide bonds. The van der Waals surface area contributed by atoms with Crippen molar-refractivity contribution in [3.63, 3.8) is 0 Å². The molecule has 40 heavy (non-hydrogen) atoms. The van der Waals surface area contributed by atoms with Crippen LogP contribution in [0.2, 0.25) is 0 Å². The Kier molecular flexibility index (Phi) is 9.28. The van der Waals surface area contributed by atoms with Crippen LogP contribution in [0.4, 0.5) is 0 Å². The third kappa shape index (κ3) is 6.60. The van der Waals surface area contributed by atoms with Gasteiger partial charge in [-0.05, 0) is 81.9 Å². The van der Waals surface area contributed by atoms with E-state index in [1.807, 2.05) is 23.1 Å². The number of Topliss-reactive ketones (excluding diaryl/α,β-unsaturated/α-hetero) is 1. The van der Waals surface area contributed by atoms with Crippen LogP contribution in [-0.4, -0.2) is 79.6 Å². The fraction of sp³-hybridized carbons (Fsp3) is 0.719. The molecular formula is C32H47N3O5. The molecule has 2 N–H and O–H groups in total. The van der Waals surface area contributed by atoms with Crippen LogP contribution in [-0.2, 0) is 19.1 Å². The molecule has 0 radical (unpaired) electrons. The first kappa shape index (κ1) is 29.2. The first-order chi connectivity index (χ1) is 19.3. The van der Waals surface area contributed by atoms with Crippen molar-refractivity contribution in [3.8, 4) is 0 Å².